The van der Waals surface area contributed by atoms with E-state index in [9.17, 15) is 14.7 Å². The number of hydrogen-bond acceptors (Lipinski definition) is 4. The third-order valence-electron chi connectivity index (χ3n) is 6.85. The Labute approximate surface area is 213 Å². The van der Waals surface area contributed by atoms with Crippen molar-refractivity contribution in [3.8, 4) is 5.75 Å². The molecule has 1 heterocycles. The van der Waals surface area contributed by atoms with Crippen molar-refractivity contribution in [2.24, 2.45) is 0 Å². The van der Waals surface area contributed by atoms with Crippen LogP contribution in [0.5, 0.6) is 5.75 Å². The molecule has 1 aliphatic rings. The minimum absolute atomic E-state index is 0.0869. The molecule has 0 radical (unpaired) electrons. The van der Waals surface area contributed by atoms with Crippen LogP contribution in [0.15, 0.2) is 72.3 Å². The van der Waals surface area contributed by atoms with E-state index in [0.29, 0.717) is 17.0 Å². The number of aliphatic hydroxyl groups excluding tert-OH is 1. The van der Waals surface area contributed by atoms with E-state index < -0.39 is 17.7 Å². The van der Waals surface area contributed by atoms with Crippen molar-refractivity contribution in [3.05, 3.63) is 100 Å². The number of ketones is 1. The number of carbonyl (C=O) groups is 2. The Morgan fingerprint density at radius 2 is 1.61 bits per heavy atom. The van der Waals surface area contributed by atoms with Crippen molar-refractivity contribution < 1.29 is 19.4 Å². The minimum atomic E-state index is -0.736. The molecule has 186 valence electrons. The van der Waals surface area contributed by atoms with E-state index in [-0.39, 0.29) is 11.3 Å². The highest BCUT2D eigenvalue weighted by Crippen LogP contribution is 2.42. The Hall–Kier alpha value is -3.86. The lowest BCUT2D eigenvalue weighted by Gasteiger charge is -2.26. The van der Waals surface area contributed by atoms with Gasteiger partial charge >= 0.3 is 0 Å². The van der Waals surface area contributed by atoms with Gasteiger partial charge in [0.1, 0.15) is 11.5 Å². The molecule has 36 heavy (non-hydrogen) atoms. The zero-order valence-electron chi connectivity index (χ0n) is 21.4. The molecule has 5 nitrogen and oxygen atoms in total. The number of Topliss-reactive ketones (excluding diaryl/α,β-unsaturated/α-hetero) is 1. The predicted octanol–water partition coefficient (Wildman–Crippen LogP) is 6.53. The first kappa shape index (κ1) is 25.2. The van der Waals surface area contributed by atoms with Gasteiger partial charge < -0.3 is 9.84 Å². The third-order valence-corrected chi connectivity index (χ3v) is 6.85. The molecule has 3 aromatic rings. The summed E-state index contributed by atoms with van der Waals surface area (Å²) in [5, 5.41) is 11.4. The maximum atomic E-state index is 13.4. The lowest BCUT2D eigenvalue weighted by Crippen LogP contribution is -2.29. The number of aryl methyl sites for hydroxylation is 3. The van der Waals surface area contributed by atoms with E-state index in [1.54, 1.807) is 25.3 Å². The molecule has 0 aliphatic carbocycles. The zero-order valence-corrected chi connectivity index (χ0v) is 21.4. The molecule has 0 saturated carbocycles. The summed E-state index contributed by atoms with van der Waals surface area (Å²) in [5.74, 6) is -0.846. The molecule has 5 heteroatoms. The van der Waals surface area contributed by atoms with Gasteiger partial charge in [-0.2, -0.15) is 0 Å². The second-order valence-corrected chi connectivity index (χ2v) is 9.22. The summed E-state index contributed by atoms with van der Waals surface area (Å²) in [7, 11) is 1.58. The number of unbranched alkanes of at least 4 members (excludes halogenated alkanes) is 1. The van der Waals surface area contributed by atoms with Crippen molar-refractivity contribution >= 4 is 23.1 Å². The number of amides is 1. The van der Waals surface area contributed by atoms with E-state index in [0.717, 1.165) is 42.4 Å². The van der Waals surface area contributed by atoms with Crippen LogP contribution in [0.1, 0.15) is 60.5 Å². The van der Waals surface area contributed by atoms with E-state index in [4.69, 9.17) is 4.74 Å². The number of carbonyl (C=O) groups excluding carboxylic acids is 2. The molecule has 0 spiro atoms. The smallest absolute Gasteiger partial charge is 0.300 e. The van der Waals surface area contributed by atoms with Crippen LogP contribution in [-0.4, -0.2) is 23.9 Å². The molecule has 1 saturated heterocycles. The monoisotopic (exact) mass is 483 g/mol. The summed E-state index contributed by atoms with van der Waals surface area (Å²) in [6.07, 6.45) is 4.04. The Balaban J connectivity index is 1.85. The van der Waals surface area contributed by atoms with Crippen molar-refractivity contribution in [1.29, 1.82) is 0 Å². The van der Waals surface area contributed by atoms with Crippen LogP contribution in [0.25, 0.3) is 5.76 Å². The topological polar surface area (TPSA) is 66.8 Å². The SMILES string of the molecule is CCCCc1ccc(N2C(=O)C(=O)/C(=C(\O)c3ccc(OC)c(C)c3)C2c2ccc(CC)cc2)cc1. The standard InChI is InChI=1S/C31H33NO4/c1-5-7-8-22-11-16-25(17-12-22)32-28(23-13-9-21(6-2)10-14-23)27(30(34)31(32)35)29(33)24-15-18-26(36-4)20(3)19-24/h9-19,28,33H,5-8H2,1-4H3/b29-27-. The van der Waals surface area contributed by atoms with Gasteiger partial charge in [-0.3, -0.25) is 14.5 Å². The fraction of sp³-hybridized carbons (Fsp3) is 0.290. The molecule has 1 unspecified atom stereocenters. The molecule has 1 fully saturated rings. The number of aliphatic hydroxyl groups is 1. The first-order valence-electron chi connectivity index (χ1n) is 12.5. The van der Waals surface area contributed by atoms with Crippen LogP contribution in [0, 0.1) is 6.92 Å². The first-order valence-corrected chi connectivity index (χ1v) is 12.5. The van der Waals surface area contributed by atoms with Crippen LogP contribution in [-0.2, 0) is 22.4 Å². The number of anilines is 1. The molecule has 0 aromatic heterocycles. The van der Waals surface area contributed by atoms with Gasteiger partial charge in [-0.05, 0) is 78.8 Å². The lowest BCUT2D eigenvalue weighted by atomic mass is 9.93. The quantitative estimate of drug-likeness (QED) is 0.225. The third kappa shape index (κ3) is 4.78. The van der Waals surface area contributed by atoms with E-state index in [1.165, 1.54) is 10.5 Å². The van der Waals surface area contributed by atoms with Gasteiger partial charge in [-0.15, -0.1) is 0 Å². The van der Waals surface area contributed by atoms with Gasteiger partial charge in [0.15, 0.2) is 0 Å². The summed E-state index contributed by atoms with van der Waals surface area (Å²) >= 11 is 0. The number of ether oxygens (including phenoxy) is 1. The second kappa shape index (κ2) is 10.8. The van der Waals surface area contributed by atoms with Gasteiger partial charge in [0.25, 0.3) is 11.7 Å². The number of nitrogens with zero attached hydrogens (tertiary/aromatic N) is 1. The average Bonchev–Trinajstić information content (AvgIpc) is 3.17. The highest BCUT2D eigenvalue weighted by molar-refractivity contribution is 6.51. The second-order valence-electron chi connectivity index (χ2n) is 9.22. The van der Waals surface area contributed by atoms with Crippen molar-refractivity contribution in [3.63, 3.8) is 0 Å². The molecule has 0 bridgehead atoms. The largest absolute Gasteiger partial charge is 0.507 e. The molecule has 4 rings (SSSR count). The summed E-state index contributed by atoms with van der Waals surface area (Å²) in [6, 6.07) is 20.2. The van der Waals surface area contributed by atoms with Crippen molar-refractivity contribution in [2.75, 3.05) is 12.0 Å². The molecule has 3 aromatic carbocycles. The molecular weight excluding hydrogens is 450 g/mol. The average molecular weight is 484 g/mol. The lowest BCUT2D eigenvalue weighted by molar-refractivity contribution is -0.132. The summed E-state index contributed by atoms with van der Waals surface area (Å²) in [6.45, 7) is 6.10. The molecule has 1 atom stereocenters. The predicted molar refractivity (Wildman–Crippen MR) is 143 cm³/mol. The summed E-state index contributed by atoms with van der Waals surface area (Å²) in [5.41, 5.74) is 5.12. The maximum absolute atomic E-state index is 13.4. The van der Waals surface area contributed by atoms with Gasteiger partial charge in [0.2, 0.25) is 0 Å². The van der Waals surface area contributed by atoms with E-state index in [1.807, 2.05) is 55.5 Å². The van der Waals surface area contributed by atoms with Crippen LogP contribution >= 0.6 is 0 Å². The van der Waals surface area contributed by atoms with Crippen LogP contribution in [0.3, 0.4) is 0 Å². The summed E-state index contributed by atoms with van der Waals surface area (Å²) in [4.78, 5) is 28.3. The van der Waals surface area contributed by atoms with Gasteiger partial charge in [-0.25, -0.2) is 0 Å². The fourth-order valence-corrected chi connectivity index (χ4v) is 4.74. The number of hydrogen-bond donors (Lipinski definition) is 1. The normalized spacial score (nSPS) is 17.0. The van der Waals surface area contributed by atoms with Crippen LogP contribution in [0.4, 0.5) is 5.69 Å². The van der Waals surface area contributed by atoms with Gasteiger partial charge in [0, 0.05) is 11.3 Å². The van der Waals surface area contributed by atoms with Crippen molar-refractivity contribution in [1.82, 2.24) is 0 Å². The van der Waals surface area contributed by atoms with E-state index in [2.05, 4.69) is 13.8 Å². The fourth-order valence-electron chi connectivity index (χ4n) is 4.74. The molecule has 1 N–H and O–H groups in total. The highest BCUT2D eigenvalue weighted by Gasteiger charge is 2.47. The van der Waals surface area contributed by atoms with Crippen LogP contribution in [0.2, 0.25) is 0 Å². The highest BCUT2D eigenvalue weighted by atomic mass is 16.5. The molecule has 1 aliphatic heterocycles. The Kier molecular flexibility index (Phi) is 7.58. The molecule has 1 amide bonds. The number of benzene rings is 3. The van der Waals surface area contributed by atoms with Crippen LogP contribution < -0.4 is 9.64 Å². The zero-order chi connectivity index (χ0) is 25.8. The number of methoxy groups -OCH3 is 1. The molecular formula is C31H33NO4. The minimum Gasteiger partial charge on any atom is -0.507 e. The Morgan fingerprint density at radius 1 is 0.944 bits per heavy atom. The Morgan fingerprint density at radius 3 is 2.19 bits per heavy atom. The van der Waals surface area contributed by atoms with E-state index >= 15 is 0 Å². The van der Waals surface area contributed by atoms with Gasteiger partial charge in [-0.1, -0.05) is 56.7 Å². The first-order chi connectivity index (χ1) is 17.4. The van der Waals surface area contributed by atoms with Gasteiger partial charge in [0.05, 0.1) is 18.7 Å². The van der Waals surface area contributed by atoms with Crippen molar-refractivity contribution in [2.45, 2.75) is 52.5 Å². The maximum Gasteiger partial charge on any atom is 0.300 e. The Bertz CT molecular complexity index is 1290. The summed E-state index contributed by atoms with van der Waals surface area (Å²) < 4.78 is 5.34. The number of rotatable bonds is 8.